The first kappa shape index (κ1) is 9.22. The Labute approximate surface area is 80.4 Å². The maximum Gasteiger partial charge on any atom is 0.0623 e. The van der Waals surface area contributed by atoms with Crippen LogP contribution < -0.4 is 5.32 Å². The molecule has 0 radical (unpaired) electrons. The highest BCUT2D eigenvalue weighted by atomic mass is 16.5. The van der Waals surface area contributed by atoms with E-state index in [1.54, 1.807) is 0 Å². The Hall–Kier alpha value is -0.340. The average molecular weight is 181 g/mol. The Balaban J connectivity index is 1.74. The highest BCUT2D eigenvalue weighted by Gasteiger charge is 2.19. The maximum atomic E-state index is 5.41. The molecule has 0 bridgehead atoms. The van der Waals surface area contributed by atoms with Crippen LogP contribution >= 0.6 is 0 Å². The van der Waals surface area contributed by atoms with Crippen molar-refractivity contribution in [3.8, 4) is 0 Å². The molecule has 2 heteroatoms. The van der Waals surface area contributed by atoms with Crippen LogP contribution in [-0.4, -0.2) is 25.8 Å². The maximum absolute atomic E-state index is 5.41. The van der Waals surface area contributed by atoms with Gasteiger partial charge in [-0.25, -0.2) is 0 Å². The highest BCUT2D eigenvalue weighted by molar-refractivity contribution is 5.07. The zero-order chi connectivity index (χ0) is 9.10. The van der Waals surface area contributed by atoms with Crippen LogP contribution in [0, 0.1) is 5.92 Å². The van der Waals surface area contributed by atoms with Crippen LogP contribution in [0.25, 0.3) is 0 Å². The van der Waals surface area contributed by atoms with Gasteiger partial charge in [0.25, 0.3) is 0 Å². The third-order valence-electron chi connectivity index (χ3n) is 2.71. The van der Waals surface area contributed by atoms with Crippen LogP contribution in [0.2, 0.25) is 0 Å². The summed E-state index contributed by atoms with van der Waals surface area (Å²) >= 11 is 0. The van der Waals surface area contributed by atoms with Gasteiger partial charge < -0.3 is 10.1 Å². The summed E-state index contributed by atoms with van der Waals surface area (Å²) < 4.78 is 5.41. The molecule has 1 heterocycles. The van der Waals surface area contributed by atoms with E-state index in [9.17, 15) is 0 Å². The summed E-state index contributed by atoms with van der Waals surface area (Å²) in [4.78, 5) is 0. The molecule has 0 spiro atoms. The second-order valence-electron chi connectivity index (χ2n) is 4.28. The number of hydrogen-bond donors (Lipinski definition) is 1. The summed E-state index contributed by atoms with van der Waals surface area (Å²) in [7, 11) is 0. The molecule has 2 rings (SSSR count). The zero-order valence-electron chi connectivity index (χ0n) is 8.38. The van der Waals surface area contributed by atoms with Gasteiger partial charge in [0, 0.05) is 12.6 Å². The normalized spacial score (nSPS) is 30.5. The SMILES string of the molecule is CC(=CC1CC1)CC1COCCN1. The number of nitrogens with one attached hydrogen (secondary N) is 1. The van der Waals surface area contributed by atoms with Gasteiger partial charge in [-0.2, -0.15) is 0 Å². The van der Waals surface area contributed by atoms with Crippen molar-refractivity contribution in [3.63, 3.8) is 0 Å². The van der Waals surface area contributed by atoms with Crippen molar-refractivity contribution in [2.24, 2.45) is 5.92 Å². The summed E-state index contributed by atoms with van der Waals surface area (Å²) in [6.45, 7) is 5.02. The second-order valence-corrected chi connectivity index (χ2v) is 4.28. The molecule has 1 aliphatic carbocycles. The molecule has 0 aromatic rings. The fraction of sp³-hybridized carbons (Fsp3) is 0.818. The molecule has 0 aromatic carbocycles. The molecule has 1 aliphatic heterocycles. The Morgan fingerprint density at radius 3 is 3.00 bits per heavy atom. The Bertz CT molecular complexity index is 190. The van der Waals surface area contributed by atoms with E-state index in [4.69, 9.17) is 4.74 Å². The van der Waals surface area contributed by atoms with Gasteiger partial charge in [0.15, 0.2) is 0 Å². The first-order valence-corrected chi connectivity index (χ1v) is 5.33. The standard InChI is InChI=1S/C11H19NO/c1-9(6-10-2-3-10)7-11-8-13-5-4-12-11/h6,10-12H,2-5,7-8H2,1H3. The Morgan fingerprint density at radius 2 is 2.38 bits per heavy atom. The lowest BCUT2D eigenvalue weighted by Crippen LogP contribution is -2.41. The van der Waals surface area contributed by atoms with Crippen molar-refractivity contribution < 1.29 is 4.74 Å². The fourth-order valence-electron chi connectivity index (χ4n) is 1.87. The number of hydrogen-bond acceptors (Lipinski definition) is 2. The molecule has 0 aromatic heterocycles. The third kappa shape index (κ3) is 3.12. The van der Waals surface area contributed by atoms with Gasteiger partial charge in [-0.05, 0) is 32.1 Å². The minimum absolute atomic E-state index is 0.559. The summed E-state index contributed by atoms with van der Waals surface area (Å²) in [5.41, 5.74) is 1.53. The van der Waals surface area contributed by atoms with Crippen LogP contribution in [0.3, 0.4) is 0 Å². The molecule has 74 valence electrons. The van der Waals surface area contributed by atoms with Gasteiger partial charge in [0.05, 0.1) is 13.2 Å². The van der Waals surface area contributed by atoms with Crippen molar-refractivity contribution in [1.82, 2.24) is 5.32 Å². The van der Waals surface area contributed by atoms with Crippen LogP contribution in [0.5, 0.6) is 0 Å². The molecule has 2 fully saturated rings. The van der Waals surface area contributed by atoms with Crippen LogP contribution in [0.15, 0.2) is 11.6 Å². The summed E-state index contributed by atoms with van der Waals surface area (Å²) in [6, 6.07) is 0.559. The van der Waals surface area contributed by atoms with E-state index in [1.165, 1.54) is 18.4 Å². The molecule has 2 nitrogen and oxygen atoms in total. The third-order valence-corrected chi connectivity index (χ3v) is 2.71. The minimum Gasteiger partial charge on any atom is -0.379 e. The minimum atomic E-state index is 0.559. The van der Waals surface area contributed by atoms with Crippen molar-refractivity contribution in [2.45, 2.75) is 32.2 Å². The molecule has 1 saturated heterocycles. The number of ether oxygens (including phenoxy) is 1. The summed E-state index contributed by atoms with van der Waals surface area (Å²) in [5.74, 6) is 0.907. The molecular formula is C11H19NO. The van der Waals surface area contributed by atoms with E-state index in [0.29, 0.717) is 6.04 Å². The van der Waals surface area contributed by atoms with Gasteiger partial charge in [-0.3, -0.25) is 0 Å². The first-order valence-electron chi connectivity index (χ1n) is 5.33. The fourth-order valence-corrected chi connectivity index (χ4v) is 1.87. The zero-order valence-corrected chi connectivity index (χ0v) is 8.38. The van der Waals surface area contributed by atoms with Gasteiger partial charge in [-0.1, -0.05) is 11.6 Å². The smallest absolute Gasteiger partial charge is 0.0623 e. The molecular weight excluding hydrogens is 162 g/mol. The topological polar surface area (TPSA) is 21.3 Å². The van der Waals surface area contributed by atoms with Crippen LogP contribution in [0.4, 0.5) is 0 Å². The van der Waals surface area contributed by atoms with E-state index in [1.807, 2.05) is 0 Å². The van der Waals surface area contributed by atoms with Crippen molar-refractivity contribution in [1.29, 1.82) is 0 Å². The van der Waals surface area contributed by atoms with Gasteiger partial charge in [0.1, 0.15) is 0 Å². The lowest BCUT2D eigenvalue weighted by molar-refractivity contribution is 0.0770. The molecule has 1 N–H and O–H groups in total. The van der Waals surface area contributed by atoms with E-state index in [2.05, 4.69) is 18.3 Å². The first-order chi connectivity index (χ1) is 6.34. The van der Waals surface area contributed by atoms with E-state index in [0.717, 1.165) is 32.1 Å². The van der Waals surface area contributed by atoms with Crippen LogP contribution in [-0.2, 0) is 4.74 Å². The molecule has 1 unspecified atom stereocenters. The monoisotopic (exact) mass is 181 g/mol. The molecule has 1 atom stereocenters. The largest absolute Gasteiger partial charge is 0.379 e. The number of allylic oxidation sites excluding steroid dienone is 1. The van der Waals surface area contributed by atoms with E-state index >= 15 is 0 Å². The lowest BCUT2D eigenvalue weighted by Gasteiger charge is -2.24. The van der Waals surface area contributed by atoms with Gasteiger partial charge >= 0.3 is 0 Å². The van der Waals surface area contributed by atoms with Gasteiger partial charge in [0.2, 0.25) is 0 Å². The predicted molar refractivity (Wildman–Crippen MR) is 53.7 cm³/mol. The van der Waals surface area contributed by atoms with E-state index < -0.39 is 0 Å². The lowest BCUT2D eigenvalue weighted by atomic mass is 10.1. The molecule has 1 saturated carbocycles. The summed E-state index contributed by atoms with van der Waals surface area (Å²) in [5, 5.41) is 3.48. The van der Waals surface area contributed by atoms with Crippen molar-refractivity contribution in [2.75, 3.05) is 19.8 Å². The molecule has 0 amide bonds. The number of rotatable bonds is 3. The van der Waals surface area contributed by atoms with Crippen molar-refractivity contribution in [3.05, 3.63) is 11.6 Å². The molecule has 2 aliphatic rings. The molecule has 13 heavy (non-hydrogen) atoms. The van der Waals surface area contributed by atoms with Crippen LogP contribution in [0.1, 0.15) is 26.2 Å². The van der Waals surface area contributed by atoms with Gasteiger partial charge in [-0.15, -0.1) is 0 Å². The predicted octanol–water partition coefficient (Wildman–Crippen LogP) is 1.72. The highest BCUT2D eigenvalue weighted by Crippen LogP contribution is 2.31. The second kappa shape index (κ2) is 4.25. The van der Waals surface area contributed by atoms with Crippen molar-refractivity contribution >= 4 is 0 Å². The number of morpholine rings is 1. The Kier molecular flexibility index (Phi) is 3.01. The average Bonchev–Trinajstić information content (AvgIpc) is 2.90. The Morgan fingerprint density at radius 1 is 1.54 bits per heavy atom. The summed E-state index contributed by atoms with van der Waals surface area (Å²) in [6.07, 6.45) is 6.42. The quantitative estimate of drug-likeness (QED) is 0.669. The van der Waals surface area contributed by atoms with E-state index in [-0.39, 0.29) is 0 Å².